The molecule has 3 atom stereocenters. The van der Waals surface area contributed by atoms with Crippen molar-refractivity contribution in [1.29, 1.82) is 0 Å². The van der Waals surface area contributed by atoms with Gasteiger partial charge in [0.15, 0.2) is 0 Å². The van der Waals surface area contributed by atoms with E-state index in [4.69, 9.17) is 42.1 Å². The number of carbonyl (C=O) groups excluding carboxylic acids is 1. The summed E-state index contributed by atoms with van der Waals surface area (Å²) in [6, 6.07) is 19.6. The maximum absolute atomic E-state index is 13.1. The fourth-order valence-electron chi connectivity index (χ4n) is 6.83. The van der Waals surface area contributed by atoms with Crippen LogP contribution >= 0.6 is 23.2 Å². The van der Waals surface area contributed by atoms with Crippen molar-refractivity contribution in [2.24, 2.45) is 0 Å². The summed E-state index contributed by atoms with van der Waals surface area (Å²) in [4.78, 5) is 23.0. The Labute approximate surface area is 314 Å². The third-order valence-electron chi connectivity index (χ3n) is 9.85. The molecule has 3 unspecified atom stereocenters. The van der Waals surface area contributed by atoms with Crippen molar-refractivity contribution in [2.75, 3.05) is 67.7 Å². The molecule has 4 heterocycles. The molecular weight excluding hydrogens is 705 g/mol. The molecule has 3 aliphatic rings. The number of halogens is 2. The molecule has 0 saturated carbocycles. The number of piperazine rings is 1. The summed E-state index contributed by atoms with van der Waals surface area (Å²) in [5.41, 5.74) is 3.65. The van der Waals surface area contributed by atoms with Crippen LogP contribution < -0.4 is 24.2 Å². The van der Waals surface area contributed by atoms with Gasteiger partial charge in [0.05, 0.1) is 42.5 Å². The van der Waals surface area contributed by atoms with Gasteiger partial charge < -0.3 is 33.6 Å². The molecule has 0 spiro atoms. The summed E-state index contributed by atoms with van der Waals surface area (Å²) in [5, 5.41) is 9.43. The molecule has 1 aromatic heterocycles. The molecule has 2 amide bonds. The first-order valence-electron chi connectivity index (χ1n) is 17.6. The Bertz CT molecular complexity index is 1870. The molecule has 0 N–H and O–H groups in total. The number of rotatable bonds is 12. The Hall–Kier alpha value is -4.49. The van der Waals surface area contributed by atoms with Crippen molar-refractivity contribution in [3.05, 3.63) is 101 Å². The molecule has 2 saturated heterocycles. The first-order valence-corrected chi connectivity index (χ1v) is 18.3. The maximum atomic E-state index is 13.1. The van der Waals surface area contributed by atoms with Crippen molar-refractivity contribution < 1.29 is 23.7 Å². The van der Waals surface area contributed by atoms with Gasteiger partial charge in [0.25, 0.3) is 0 Å². The van der Waals surface area contributed by atoms with Gasteiger partial charge in [-0.25, -0.2) is 4.79 Å². The molecular formula is C38H43Cl2N7O5. The fourth-order valence-corrected chi connectivity index (χ4v) is 7.38. The lowest BCUT2D eigenvalue weighted by Gasteiger charge is -2.38. The van der Waals surface area contributed by atoms with Crippen molar-refractivity contribution in [3.8, 4) is 11.5 Å². The lowest BCUT2D eigenvalue weighted by Crippen LogP contribution is -2.48. The number of amides is 2. The van der Waals surface area contributed by atoms with Gasteiger partial charge in [-0.1, -0.05) is 36.2 Å². The van der Waals surface area contributed by atoms with Gasteiger partial charge >= 0.3 is 6.03 Å². The topological polar surface area (TPSA) is 97.7 Å². The SMILES string of the molecule is CCC(C)N1CC=CN(c2ccc(N3CCN(c4ccc(OCC5COC(Cn6nccn6)(c6ccc(Cl)cc6Cl)O5)cc4OC)CC3)cc2)C1=O. The minimum atomic E-state index is -1.21. The molecule has 0 aliphatic carbocycles. The second kappa shape index (κ2) is 15.6. The number of anilines is 3. The second-order valence-electron chi connectivity index (χ2n) is 13.1. The number of aromatic nitrogens is 3. The summed E-state index contributed by atoms with van der Waals surface area (Å²) < 4.78 is 24.8. The molecule has 0 bridgehead atoms. The van der Waals surface area contributed by atoms with Gasteiger partial charge in [-0.05, 0) is 68.0 Å². The van der Waals surface area contributed by atoms with Crippen molar-refractivity contribution >= 4 is 46.3 Å². The highest BCUT2D eigenvalue weighted by Crippen LogP contribution is 2.41. The van der Waals surface area contributed by atoms with E-state index in [9.17, 15) is 4.79 Å². The van der Waals surface area contributed by atoms with E-state index in [1.54, 1.807) is 42.6 Å². The Morgan fingerprint density at radius 3 is 2.40 bits per heavy atom. The second-order valence-corrected chi connectivity index (χ2v) is 13.9. The van der Waals surface area contributed by atoms with E-state index in [1.807, 2.05) is 47.5 Å². The van der Waals surface area contributed by atoms with Crippen LogP contribution in [0.4, 0.5) is 21.9 Å². The van der Waals surface area contributed by atoms with Crippen LogP contribution in [0.1, 0.15) is 25.8 Å². The largest absolute Gasteiger partial charge is 0.494 e. The van der Waals surface area contributed by atoms with Crippen LogP contribution in [0.15, 0.2) is 85.3 Å². The summed E-state index contributed by atoms with van der Waals surface area (Å²) in [7, 11) is 1.67. The number of hydrogen-bond acceptors (Lipinski definition) is 9. The normalized spacial score (nSPS) is 21.2. The highest BCUT2D eigenvalue weighted by molar-refractivity contribution is 6.35. The van der Waals surface area contributed by atoms with E-state index in [1.165, 1.54) is 4.80 Å². The van der Waals surface area contributed by atoms with E-state index < -0.39 is 5.79 Å². The average Bonchev–Trinajstić information content (AvgIpc) is 3.84. The maximum Gasteiger partial charge on any atom is 0.329 e. The zero-order valence-electron chi connectivity index (χ0n) is 29.5. The summed E-state index contributed by atoms with van der Waals surface area (Å²) in [6.07, 6.45) is 7.65. The molecule has 7 rings (SSSR count). The van der Waals surface area contributed by atoms with Gasteiger partial charge in [0.2, 0.25) is 5.79 Å². The molecule has 14 heteroatoms. The standard InChI is InChI=1S/C38H43Cl2N7O5/c1-4-27(2)45-16-5-17-46(37(45)48)30-9-7-29(8-10-30)43-18-20-44(21-19-43)35-13-11-31(23-36(35)49-3)50-24-32-25-51-38(52-32,26-47-41-14-15-42-47)33-12-6-28(39)22-34(33)40/h5-15,17,22-23,27,32H,4,16,18-21,24-26H2,1-3H3. The number of urea groups is 1. The van der Waals surface area contributed by atoms with Crippen molar-refractivity contribution in [1.82, 2.24) is 19.9 Å². The number of benzene rings is 3. The van der Waals surface area contributed by atoms with Crippen molar-refractivity contribution in [3.63, 3.8) is 0 Å². The summed E-state index contributed by atoms with van der Waals surface area (Å²) in [6.45, 7) is 8.91. The number of carbonyl (C=O) groups is 1. The Balaban J connectivity index is 0.954. The molecule has 3 aromatic carbocycles. The van der Waals surface area contributed by atoms with E-state index in [0.29, 0.717) is 27.9 Å². The number of ether oxygens (including phenoxy) is 4. The van der Waals surface area contributed by atoms with E-state index in [-0.39, 0.29) is 37.9 Å². The third kappa shape index (κ3) is 7.52. The number of hydrogen-bond donors (Lipinski definition) is 0. The third-order valence-corrected chi connectivity index (χ3v) is 10.4. The fraction of sp³-hybridized carbons (Fsp3) is 0.395. The van der Waals surface area contributed by atoms with Crippen LogP contribution in [0.2, 0.25) is 10.0 Å². The van der Waals surface area contributed by atoms with Crippen LogP contribution in [0.5, 0.6) is 11.5 Å². The van der Waals surface area contributed by atoms with Crippen LogP contribution in [0.25, 0.3) is 0 Å². The Morgan fingerprint density at radius 2 is 1.69 bits per heavy atom. The molecule has 4 aromatic rings. The van der Waals surface area contributed by atoms with Crippen LogP contribution in [0, 0.1) is 0 Å². The average molecular weight is 749 g/mol. The van der Waals surface area contributed by atoms with E-state index in [0.717, 1.165) is 55.4 Å². The van der Waals surface area contributed by atoms with Crippen molar-refractivity contribution in [2.45, 2.75) is 44.7 Å². The molecule has 274 valence electrons. The minimum Gasteiger partial charge on any atom is -0.494 e. The van der Waals surface area contributed by atoms with Crippen LogP contribution in [-0.4, -0.2) is 91.1 Å². The lowest BCUT2D eigenvalue weighted by atomic mass is 10.1. The first kappa shape index (κ1) is 35.9. The molecule has 3 aliphatic heterocycles. The van der Waals surface area contributed by atoms with Gasteiger partial charge in [-0.15, -0.1) is 0 Å². The summed E-state index contributed by atoms with van der Waals surface area (Å²) in [5.74, 6) is 0.184. The van der Waals surface area contributed by atoms with Gasteiger partial charge in [0.1, 0.15) is 30.8 Å². The molecule has 0 radical (unpaired) electrons. The monoisotopic (exact) mass is 747 g/mol. The highest BCUT2D eigenvalue weighted by Gasteiger charge is 2.46. The minimum absolute atomic E-state index is 0.0187. The number of nitrogens with zero attached hydrogens (tertiary/aromatic N) is 7. The van der Waals surface area contributed by atoms with Crippen LogP contribution in [0.3, 0.4) is 0 Å². The predicted molar refractivity (Wildman–Crippen MR) is 202 cm³/mol. The zero-order chi connectivity index (χ0) is 36.2. The smallest absolute Gasteiger partial charge is 0.329 e. The van der Waals surface area contributed by atoms with E-state index >= 15 is 0 Å². The van der Waals surface area contributed by atoms with E-state index in [2.05, 4.69) is 46.0 Å². The first-order chi connectivity index (χ1) is 25.3. The zero-order valence-corrected chi connectivity index (χ0v) is 31.0. The van der Waals surface area contributed by atoms with Gasteiger partial charge in [-0.2, -0.15) is 15.0 Å². The van der Waals surface area contributed by atoms with Gasteiger partial charge in [0, 0.05) is 67.3 Å². The lowest BCUT2D eigenvalue weighted by molar-refractivity contribution is -0.192. The quantitative estimate of drug-likeness (QED) is 0.155. The van der Waals surface area contributed by atoms with Gasteiger partial charge in [-0.3, -0.25) is 4.90 Å². The molecule has 2 fully saturated rings. The van der Waals surface area contributed by atoms with Crippen LogP contribution in [-0.2, 0) is 21.8 Å². The summed E-state index contributed by atoms with van der Waals surface area (Å²) >= 11 is 12.8. The Morgan fingerprint density at radius 1 is 0.962 bits per heavy atom. The molecule has 52 heavy (non-hydrogen) atoms. The molecule has 12 nitrogen and oxygen atoms in total. The predicted octanol–water partition coefficient (Wildman–Crippen LogP) is 6.82. The Kier molecular flexibility index (Phi) is 10.8. The number of methoxy groups -OCH3 is 1. The highest BCUT2D eigenvalue weighted by atomic mass is 35.5.